The summed E-state index contributed by atoms with van der Waals surface area (Å²) in [6.07, 6.45) is 0. The maximum absolute atomic E-state index is 13.5. The van der Waals surface area contributed by atoms with E-state index in [1.807, 2.05) is 37.3 Å². The highest BCUT2D eigenvalue weighted by molar-refractivity contribution is 6.31. The number of hydrogen-bond acceptors (Lipinski definition) is 5. The summed E-state index contributed by atoms with van der Waals surface area (Å²) in [7, 11) is 1.80. The second-order valence-electron chi connectivity index (χ2n) is 8.19. The highest BCUT2D eigenvalue weighted by Gasteiger charge is 2.24. The van der Waals surface area contributed by atoms with E-state index in [-0.39, 0.29) is 21.9 Å². The van der Waals surface area contributed by atoms with Crippen LogP contribution in [0, 0.1) is 20.8 Å². The number of carbonyl (C=O) groups is 2. The molecule has 4 rings (SSSR count). The fraction of sp³-hybridized carbons (Fsp3) is 0.192. The SMILES string of the molecule is Cc1cc(C(=O)COC(=O)c2cc(Cl)ccc2O)c(C)n1-c1c(C)n(C)n(-c2ccccc2)c1=O. The second kappa shape index (κ2) is 9.31. The van der Waals surface area contributed by atoms with Crippen molar-refractivity contribution in [3.05, 3.63) is 98.2 Å². The Balaban J connectivity index is 1.65. The van der Waals surface area contributed by atoms with Gasteiger partial charge in [-0.1, -0.05) is 29.8 Å². The minimum Gasteiger partial charge on any atom is -0.507 e. The van der Waals surface area contributed by atoms with Crippen LogP contribution >= 0.6 is 11.6 Å². The molecule has 4 aromatic rings. The van der Waals surface area contributed by atoms with Crippen LogP contribution in [0.15, 0.2) is 59.4 Å². The minimum atomic E-state index is -0.864. The molecule has 9 heteroatoms. The number of ether oxygens (including phenoxy) is 1. The molecule has 2 aromatic carbocycles. The first-order valence-corrected chi connectivity index (χ1v) is 11.2. The molecule has 0 aliphatic carbocycles. The fourth-order valence-corrected chi connectivity index (χ4v) is 4.33. The summed E-state index contributed by atoms with van der Waals surface area (Å²) in [6.45, 7) is 4.86. The van der Waals surface area contributed by atoms with Crippen LogP contribution in [0.2, 0.25) is 5.02 Å². The Labute approximate surface area is 206 Å². The number of phenolic OH excluding ortho intramolecular Hbond substituents is 1. The van der Waals surface area contributed by atoms with E-state index in [0.717, 1.165) is 11.4 Å². The van der Waals surface area contributed by atoms with Crippen molar-refractivity contribution in [1.29, 1.82) is 0 Å². The predicted octanol–water partition coefficient (Wildman–Crippen LogP) is 4.29. The van der Waals surface area contributed by atoms with Crippen LogP contribution in [0.4, 0.5) is 0 Å². The molecule has 0 aliphatic heterocycles. The van der Waals surface area contributed by atoms with Gasteiger partial charge in [-0.3, -0.25) is 14.3 Å². The molecule has 0 radical (unpaired) electrons. The van der Waals surface area contributed by atoms with Gasteiger partial charge in [-0.15, -0.1) is 0 Å². The lowest BCUT2D eigenvalue weighted by molar-refractivity contribution is 0.0471. The van der Waals surface area contributed by atoms with Crippen molar-refractivity contribution in [1.82, 2.24) is 13.9 Å². The molecule has 1 N–H and O–H groups in total. The van der Waals surface area contributed by atoms with Gasteiger partial charge in [0.25, 0.3) is 5.56 Å². The summed E-state index contributed by atoms with van der Waals surface area (Å²) >= 11 is 5.88. The van der Waals surface area contributed by atoms with Gasteiger partial charge in [-0.25, -0.2) is 9.48 Å². The van der Waals surface area contributed by atoms with Crippen molar-refractivity contribution in [3.63, 3.8) is 0 Å². The number of aryl methyl sites for hydroxylation is 1. The Morgan fingerprint density at radius 2 is 1.66 bits per heavy atom. The first-order chi connectivity index (χ1) is 16.6. The Kier molecular flexibility index (Phi) is 6.41. The number of aromatic hydroxyl groups is 1. The largest absolute Gasteiger partial charge is 0.507 e. The third kappa shape index (κ3) is 4.28. The van der Waals surface area contributed by atoms with Crippen LogP contribution in [0.3, 0.4) is 0 Å². The molecule has 2 aromatic heterocycles. The lowest BCUT2D eigenvalue weighted by Crippen LogP contribution is -2.22. The number of nitrogens with zero attached hydrogens (tertiary/aromatic N) is 3. The zero-order chi connectivity index (χ0) is 25.4. The third-order valence-electron chi connectivity index (χ3n) is 5.99. The highest BCUT2D eigenvalue weighted by Crippen LogP contribution is 2.24. The first-order valence-electron chi connectivity index (χ1n) is 10.8. The summed E-state index contributed by atoms with van der Waals surface area (Å²) in [4.78, 5) is 38.8. The van der Waals surface area contributed by atoms with Crippen LogP contribution in [0.5, 0.6) is 5.75 Å². The van der Waals surface area contributed by atoms with E-state index in [9.17, 15) is 19.5 Å². The van der Waals surface area contributed by atoms with Gasteiger partial charge in [0, 0.05) is 29.0 Å². The van der Waals surface area contributed by atoms with Crippen LogP contribution in [0.1, 0.15) is 37.8 Å². The van der Waals surface area contributed by atoms with Crippen LogP contribution < -0.4 is 5.56 Å². The molecule has 2 heterocycles. The van der Waals surface area contributed by atoms with Gasteiger partial charge >= 0.3 is 5.97 Å². The lowest BCUT2D eigenvalue weighted by atomic mass is 10.1. The van der Waals surface area contributed by atoms with Crippen molar-refractivity contribution in [2.24, 2.45) is 7.05 Å². The van der Waals surface area contributed by atoms with Gasteiger partial charge in [0.1, 0.15) is 17.0 Å². The first kappa shape index (κ1) is 24.1. The van der Waals surface area contributed by atoms with Crippen molar-refractivity contribution in [2.75, 3.05) is 6.61 Å². The summed E-state index contributed by atoms with van der Waals surface area (Å²) in [6, 6.07) is 14.9. The predicted molar refractivity (Wildman–Crippen MR) is 132 cm³/mol. The number of Topliss-reactive ketones (excluding diaryl/α,β-unsaturated/α-hetero) is 1. The van der Waals surface area contributed by atoms with E-state index in [1.165, 1.54) is 18.2 Å². The van der Waals surface area contributed by atoms with Gasteiger partial charge in [0.15, 0.2) is 6.61 Å². The number of esters is 1. The number of carbonyl (C=O) groups excluding carboxylic acids is 2. The summed E-state index contributed by atoms with van der Waals surface area (Å²) < 4.78 is 10.2. The van der Waals surface area contributed by atoms with E-state index in [0.29, 0.717) is 22.6 Å². The van der Waals surface area contributed by atoms with Crippen LogP contribution in [-0.2, 0) is 11.8 Å². The van der Waals surface area contributed by atoms with E-state index in [1.54, 1.807) is 40.9 Å². The maximum atomic E-state index is 13.5. The molecular formula is C26H24ClN3O5. The normalized spacial score (nSPS) is 11.0. The van der Waals surface area contributed by atoms with Gasteiger partial charge < -0.3 is 14.4 Å². The molecule has 0 fully saturated rings. The molecule has 0 amide bonds. The molecule has 0 bridgehead atoms. The fourth-order valence-electron chi connectivity index (χ4n) is 4.16. The molecule has 0 saturated carbocycles. The van der Waals surface area contributed by atoms with Crippen molar-refractivity contribution in [3.8, 4) is 17.1 Å². The van der Waals surface area contributed by atoms with Crippen molar-refractivity contribution < 1.29 is 19.4 Å². The molecule has 180 valence electrons. The molecule has 0 unspecified atom stereocenters. The Bertz CT molecular complexity index is 1510. The maximum Gasteiger partial charge on any atom is 0.342 e. The van der Waals surface area contributed by atoms with Crippen LogP contribution in [-0.4, -0.2) is 37.4 Å². The number of halogens is 1. The van der Waals surface area contributed by atoms with E-state index in [2.05, 4.69) is 0 Å². The van der Waals surface area contributed by atoms with Gasteiger partial charge in [-0.05, 0) is 57.2 Å². The Hall–Kier alpha value is -4.04. The number of rotatable bonds is 6. The number of para-hydroxylation sites is 1. The number of phenols is 1. The topological polar surface area (TPSA) is 95.5 Å². The van der Waals surface area contributed by atoms with E-state index in [4.69, 9.17) is 16.3 Å². The van der Waals surface area contributed by atoms with E-state index < -0.39 is 18.4 Å². The average Bonchev–Trinajstić information content (AvgIpc) is 3.24. The number of hydrogen-bond donors (Lipinski definition) is 1. The molecule has 0 atom stereocenters. The molecule has 0 spiro atoms. The average molecular weight is 494 g/mol. The van der Waals surface area contributed by atoms with Gasteiger partial charge in [0.05, 0.1) is 11.4 Å². The Morgan fingerprint density at radius 3 is 2.34 bits per heavy atom. The Morgan fingerprint density at radius 1 is 0.971 bits per heavy atom. The molecule has 0 saturated heterocycles. The smallest absolute Gasteiger partial charge is 0.342 e. The molecule has 35 heavy (non-hydrogen) atoms. The zero-order valence-corrected chi connectivity index (χ0v) is 20.5. The van der Waals surface area contributed by atoms with Crippen molar-refractivity contribution >= 4 is 23.4 Å². The summed E-state index contributed by atoms with van der Waals surface area (Å²) in [5.41, 5.74) is 3.12. The minimum absolute atomic E-state index is 0.128. The standard InChI is InChI=1S/C26H24ClN3O5/c1-15-12-20(23(32)14-35-26(34)21-13-18(27)10-11-22(21)31)16(2)29(15)24-17(3)28(4)30(25(24)33)19-8-6-5-7-9-19/h5-13,31H,14H2,1-4H3. The van der Waals surface area contributed by atoms with Crippen molar-refractivity contribution in [2.45, 2.75) is 20.8 Å². The molecular weight excluding hydrogens is 470 g/mol. The van der Waals surface area contributed by atoms with E-state index >= 15 is 0 Å². The number of aromatic nitrogens is 3. The third-order valence-corrected chi connectivity index (χ3v) is 6.23. The quantitative estimate of drug-likeness (QED) is 0.319. The van der Waals surface area contributed by atoms with Gasteiger partial charge in [-0.2, -0.15) is 0 Å². The summed E-state index contributed by atoms with van der Waals surface area (Å²) in [5.74, 6) is -1.59. The van der Waals surface area contributed by atoms with Crippen LogP contribution in [0.25, 0.3) is 11.4 Å². The zero-order valence-electron chi connectivity index (χ0n) is 19.7. The summed E-state index contributed by atoms with van der Waals surface area (Å²) in [5, 5.41) is 10.1. The number of ketones is 1. The highest BCUT2D eigenvalue weighted by atomic mass is 35.5. The second-order valence-corrected chi connectivity index (χ2v) is 8.63. The van der Waals surface area contributed by atoms with Gasteiger partial charge in [0.2, 0.25) is 5.78 Å². The molecule has 0 aliphatic rings. The number of benzene rings is 2. The molecule has 8 nitrogen and oxygen atoms in total. The lowest BCUT2D eigenvalue weighted by Gasteiger charge is -2.09. The monoisotopic (exact) mass is 493 g/mol.